The number of nitrogens with zero attached hydrogens (tertiary/aromatic N) is 3. The summed E-state index contributed by atoms with van der Waals surface area (Å²) in [4.78, 5) is 74.6. The highest BCUT2D eigenvalue weighted by Crippen LogP contribution is 2.32. The highest BCUT2D eigenvalue weighted by Gasteiger charge is 2.37. The summed E-state index contributed by atoms with van der Waals surface area (Å²) in [5, 5.41) is 17.7. The normalized spacial score (nSPS) is 18.2. The number of carboxylic acid groups (broad SMARTS) is 1. The molecule has 0 bridgehead atoms. The number of likely N-dealkylation sites (tertiary alicyclic amines) is 1. The second-order valence-electron chi connectivity index (χ2n) is 15.8. The molecule has 1 aromatic heterocycles. The SMILES string of the molecule is CCC(C)C(NC(=O)[C@H]1CCCCN1C)C(=O)N(C)C(CC(OC(=O)CC(C)C)c1nc(C(=O)NC(Cc2ccccc2)CC(C)C(=O)O)cs1)C(C)C. The van der Waals surface area contributed by atoms with E-state index in [1.807, 2.05) is 78.9 Å². The first kappa shape index (κ1) is 44.6. The van der Waals surface area contributed by atoms with Crippen LogP contribution in [0.3, 0.4) is 0 Å². The molecule has 1 fully saturated rings. The lowest BCUT2D eigenvalue weighted by Crippen LogP contribution is -2.58. The van der Waals surface area contributed by atoms with E-state index >= 15 is 0 Å². The smallest absolute Gasteiger partial charge is 0.306 e. The molecule has 3 amide bonds. The summed E-state index contributed by atoms with van der Waals surface area (Å²) in [6.07, 6.45) is 3.71. The number of carboxylic acids is 1. The Labute approximate surface area is 325 Å². The van der Waals surface area contributed by atoms with Crippen molar-refractivity contribution in [2.45, 2.75) is 130 Å². The van der Waals surface area contributed by atoms with E-state index in [4.69, 9.17) is 4.74 Å². The number of hydrogen-bond donors (Lipinski definition) is 3. The van der Waals surface area contributed by atoms with E-state index in [-0.39, 0.29) is 60.6 Å². The van der Waals surface area contributed by atoms with Crippen molar-refractivity contribution in [2.24, 2.45) is 23.7 Å². The van der Waals surface area contributed by atoms with Crippen molar-refractivity contribution < 1.29 is 33.8 Å². The van der Waals surface area contributed by atoms with Crippen molar-refractivity contribution >= 4 is 41.0 Å². The van der Waals surface area contributed by atoms with Gasteiger partial charge in [0.1, 0.15) is 16.7 Å². The molecule has 0 aliphatic carbocycles. The van der Waals surface area contributed by atoms with Gasteiger partial charge in [-0.05, 0) is 62.6 Å². The number of piperidine rings is 1. The summed E-state index contributed by atoms with van der Waals surface area (Å²) in [6, 6.07) is 7.69. The van der Waals surface area contributed by atoms with E-state index in [1.54, 1.807) is 24.3 Å². The molecule has 1 aromatic carbocycles. The van der Waals surface area contributed by atoms with Crippen LogP contribution in [-0.2, 0) is 30.3 Å². The number of likely N-dealkylation sites (N-methyl/N-ethyl adjacent to an activating group) is 2. The molecule has 0 spiro atoms. The number of nitrogens with one attached hydrogen (secondary N) is 2. The first-order valence-electron chi connectivity index (χ1n) is 19.5. The average molecular weight is 770 g/mol. The van der Waals surface area contributed by atoms with Crippen LogP contribution >= 0.6 is 11.3 Å². The van der Waals surface area contributed by atoms with E-state index in [9.17, 15) is 29.1 Å². The first-order valence-corrected chi connectivity index (χ1v) is 20.4. The third-order valence-corrected chi connectivity index (χ3v) is 11.5. The van der Waals surface area contributed by atoms with Crippen LogP contribution in [0.2, 0.25) is 0 Å². The summed E-state index contributed by atoms with van der Waals surface area (Å²) in [6.45, 7) is 14.3. The minimum atomic E-state index is -0.942. The maximum atomic E-state index is 14.3. The number of hydrogen-bond acceptors (Lipinski definition) is 9. The Hall–Kier alpha value is -3.84. The Morgan fingerprint density at radius 2 is 1.70 bits per heavy atom. The lowest BCUT2D eigenvalue weighted by molar-refractivity contribution is -0.152. The van der Waals surface area contributed by atoms with E-state index in [2.05, 4.69) is 20.5 Å². The molecule has 3 N–H and O–H groups in total. The second-order valence-corrected chi connectivity index (χ2v) is 16.7. The molecule has 1 aliphatic heterocycles. The van der Waals surface area contributed by atoms with Crippen LogP contribution in [0, 0.1) is 23.7 Å². The molecule has 12 nitrogen and oxygen atoms in total. The van der Waals surface area contributed by atoms with Gasteiger partial charge in [0.15, 0.2) is 6.10 Å². The molecule has 300 valence electrons. The van der Waals surface area contributed by atoms with Crippen LogP contribution in [0.25, 0.3) is 0 Å². The van der Waals surface area contributed by atoms with Gasteiger partial charge in [-0.15, -0.1) is 11.3 Å². The molecule has 13 heteroatoms. The van der Waals surface area contributed by atoms with Gasteiger partial charge in [0.05, 0.1) is 12.0 Å². The zero-order chi connectivity index (χ0) is 40.1. The molecule has 2 aromatic rings. The van der Waals surface area contributed by atoms with Crippen LogP contribution < -0.4 is 10.6 Å². The Bertz CT molecular complexity index is 1530. The fraction of sp³-hybridized carbons (Fsp3) is 0.659. The average Bonchev–Trinajstić information content (AvgIpc) is 3.62. The minimum absolute atomic E-state index is 0.0544. The third-order valence-electron chi connectivity index (χ3n) is 10.5. The minimum Gasteiger partial charge on any atom is -0.481 e. The van der Waals surface area contributed by atoms with E-state index in [0.717, 1.165) is 31.4 Å². The molecular weight excluding hydrogens is 707 g/mol. The van der Waals surface area contributed by atoms with Gasteiger partial charge in [0.25, 0.3) is 5.91 Å². The van der Waals surface area contributed by atoms with Crippen molar-refractivity contribution in [2.75, 3.05) is 20.6 Å². The summed E-state index contributed by atoms with van der Waals surface area (Å²) in [5.74, 6) is -2.93. The number of carbonyl (C=O) groups is 5. The molecule has 54 heavy (non-hydrogen) atoms. The standard InChI is InChI=1S/C41H63N5O7S/c1-10-27(6)36(44-38(49)32-18-14-15-19-45(32)8)40(50)46(9)33(26(4)5)23-34(53-35(47)20-25(2)3)39-43-31(24-54-39)37(48)42-30(21-28(7)41(51)52)22-29-16-12-11-13-17-29/h11-13,16-17,24-28,30,32-34,36H,10,14-15,18-23H2,1-9H3,(H,42,48)(H,44,49)(H,51,52)/t27?,28?,30?,32-,33?,34?,36?/m1/s1. The van der Waals surface area contributed by atoms with Gasteiger partial charge in [-0.2, -0.15) is 0 Å². The molecule has 0 saturated carbocycles. The number of ether oxygens (including phenoxy) is 1. The zero-order valence-corrected chi connectivity index (χ0v) is 34.5. The van der Waals surface area contributed by atoms with Crippen LogP contribution in [0.4, 0.5) is 0 Å². The van der Waals surface area contributed by atoms with Crippen LogP contribution in [0.15, 0.2) is 35.7 Å². The van der Waals surface area contributed by atoms with E-state index in [0.29, 0.717) is 17.8 Å². The number of aliphatic carboxylic acids is 1. The van der Waals surface area contributed by atoms with Crippen LogP contribution in [-0.4, -0.2) is 94.4 Å². The predicted octanol–water partition coefficient (Wildman–Crippen LogP) is 6.11. The Morgan fingerprint density at radius 1 is 1.02 bits per heavy atom. The third kappa shape index (κ3) is 13.2. The van der Waals surface area contributed by atoms with Gasteiger partial charge in [-0.3, -0.25) is 28.9 Å². The lowest BCUT2D eigenvalue weighted by Gasteiger charge is -2.38. The number of aromatic nitrogens is 1. The van der Waals surface area contributed by atoms with E-state index < -0.39 is 48.0 Å². The molecule has 1 aliphatic rings. The van der Waals surface area contributed by atoms with Crippen molar-refractivity contribution in [1.82, 2.24) is 25.4 Å². The lowest BCUT2D eigenvalue weighted by atomic mass is 9.92. The first-order chi connectivity index (χ1) is 25.5. The summed E-state index contributed by atoms with van der Waals surface area (Å²) < 4.78 is 6.07. The van der Waals surface area contributed by atoms with Gasteiger partial charge >= 0.3 is 11.9 Å². The molecular formula is C41H63N5O7S. The van der Waals surface area contributed by atoms with Crippen LogP contribution in [0.1, 0.15) is 121 Å². The van der Waals surface area contributed by atoms with Crippen molar-refractivity contribution in [1.29, 1.82) is 0 Å². The maximum absolute atomic E-state index is 14.3. The van der Waals surface area contributed by atoms with Gasteiger partial charge in [0.2, 0.25) is 11.8 Å². The van der Waals surface area contributed by atoms with Gasteiger partial charge in [-0.25, -0.2) is 4.98 Å². The number of rotatable bonds is 20. The largest absolute Gasteiger partial charge is 0.481 e. The Balaban J connectivity index is 1.87. The number of thiazole rings is 1. The summed E-state index contributed by atoms with van der Waals surface area (Å²) in [5.41, 5.74) is 1.10. The highest BCUT2D eigenvalue weighted by atomic mass is 32.1. The fourth-order valence-corrected chi connectivity index (χ4v) is 7.82. The molecule has 3 rings (SSSR count). The van der Waals surface area contributed by atoms with Gasteiger partial charge in [0, 0.05) is 37.4 Å². The van der Waals surface area contributed by atoms with Crippen molar-refractivity contribution in [3.05, 3.63) is 52.0 Å². The van der Waals surface area contributed by atoms with Gasteiger partial charge in [-0.1, -0.05) is 91.6 Å². The molecule has 0 radical (unpaired) electrons. The van der Waals surface area contributed by atoms with Crippen molar-refractivity contribution in [3.63, 3.8) is 0 Å². The maximum Gasteiger partial charge on any atom is 0.306 e. The van der Waals surface area contributed by atoms with Crippen LogP contribution in [0.5, 0.6) is 0 Å². The molecule has 6 unspecified atom stereocenters. The number of carbonyl (C=O) groups excluding carboxylic acids is 4. The van der Waals surface area contributed by atoms with Crippen molar-refractivity contribution in [3.8, 4) is 0 Å². The monoisotopic (exact) mass is 769 g/mol. The Kier molecular flexibility index (Phi) is 17.6. The number of amides is 3. The Morgan fingerprint density at radius 3 is 2.30 bits per heavy atom. The molecule has 2 heterocycles. The predicted molar refractivity (Wildman–Crippen MR) is 211 cm³/mol. The summed E-state index contributed by atoms with van der Waals surface area (Å²) >= 11 is 1.20. The zero-order valence-electron chi connectivity index (χ0n) is 33.7. The second kappa shape index (κ2) is 21.3. The quantitative estimate of drug-likeness (QED) is 0.135. The van der Waals surface area contributed by atoms with E-state index in [1.165, 1.54) is 11.3 Å². The molecule has 1 saturated heterocycles. The highest BCUT2D eigenvalue weighted by molar-refractivity contribution is 7.09. The topological polar surface area (TPSA) is 158 Å². The summed E-state index contributed by atoms with van der Waals surface area (Å²) in [7, 11) is 3.68. The fourth-order valence-electron chi connectivity index (χ4n) is 6.98. The number of esters is 1. The van der Waals surface area contributed by atoms with Gasteiger partial charge < -0.3 is 25.4 Å². The number of benzene rings is 1. The molecule has 7 atom stereocenters.